The molecule has 0 saturated carbocycles. The van der Waals surface area contributed by atoms with Crippen LogP contribution in [0.4, 0.5) is 0 Å². The van der Waals surface area contributed by atoms with Crippen molar-refractivity contribution in [3.8, 4) is 0 Å². The molecule has 0 fully saturated rings. The van der Waals surface area contributed by atoms with Crippen LogP contribution in [0.1, 0.15) is 11.5 Å². The third-order valence-electron chi connectivity index (χ3n) is 2.31. The van der Waals surface area contributed by atoms with Crippen molar-refractivity contribution < 1.29 is 17.7 Å². The van der Waals surface area contributed by atoms with Crippen molar-refractivity contribution in [2.45, 2.75) is 18.2 Å². The maximum absolute atomic E-state index is 11.9. The van der Waals surface area contributed by atoms with Gasteiger partial charge in [0.25, 0.3) is 10.0 Å². The topological polar surface area (TPSA) is 89.3 Å². The van der Waals surface area contributed by atoms with Gasteiger partial charge in [0.05, 0.1) is 17.0 Å². The van der Waals surface area contributed by atoms with Crippen LogP contribution in [-0.2, 0) is 21.2 Å². The first-order valence-electron chi connectivity index (χ1n) is 5.50. The van der Waals surface area contributed by atoms with Crippen molar-refractivity contribution >= 4 is 15.9 Å². The zero-order chi connectivity index (χ0) is 13.9. The lowest BCUT2D eigenvalue weighted by Crippen LogP contribution is -2.31. The Bertz CT molecular complexity index is 677. The molecule has 1 amide bonds. The number of rotatable bonds is 4. The van der Waals surface area contributed by atoms with E-state index in [0.29, 0.717) is 11.5 Å². The molecule has 0 saturated heterocycles. The van der Waals surface area contributed by atoms with E-state index in [9.17, 15) is 13.2 Å². The van der Waals surface area contributed by atoms with Crippen LogP contribution in [0.15, 0.2) is 45.8 Å². The standard InChI is InChI=1S/C12H12N2O4S/c1-9-7-10(18-13-9)8-12(15)14-19(16,17)11-5-3-2-4-6-11/h2-7H,8H2,1H3,(H,14,15). The summed E-state index contributed by atoms with van der Waals surface area (Å²) < 4.78 is 30.5. The normalized spacial score (nSPS) is 11.2. The number of nitrogens with one attached hydrogen (secondary N) is 1. The molecular weight excluding hydrogens is 268 g/mol. The fourth-order valence-corrected chi connectivity index (χ4v) is 2.51. The minimum absolute atomic E-state index is 0.0390. The quantitative estimate of drug-likeness (QED) is 0.903. The van der Waals surface area contributed by atoms with E-state index in [4.69, 9.17) is 4.52 Å². The highest BCUT2D eigenvalue weighted by molar-refractivity contribution is 7.90. The van der Waals surface area contributed by atoms with Gasteiger partial charge in [0.1, 0.15) is 5.76 Å². The molecule has 0 spiro atoms. The molecule has 6 nitrogen and oxygen atoms in total. The number of benzene rings is 1. The summed E-state index contributed by atoms with van der Waals surface area (Å²) in [6.07, 6.45) is -0.174. The van der Waals surface area contributed by atoms with Crippen molar-refractivity contribution in [2.24, 2.45) is 0 Å². The number of nitrogens with zero attached hydrogens (tertiary/aromatic N) is 1. The summed E-state index contributed by atoms with van der Waals surface area (Å²) in [7, 11) is -3.83. The molecule has 0 radical (unpaired) electrons. The van der Waals surface area contributed by atoms with E-state index in [1.165, 1.54) is 12.1 Å². The Morgan fingerprint density at radius 3 is 2.58 bits per heavy atom. The van der Waals surface area contributed by atoms with Gasteiger partial charge in [-0.15, -0.1) is 0 Å². The van der Waals surface area contributed by atoms with E-state index in [1.54, 1.807) is 31.2 Å². The van der Waals surface area contributed by atoms with Gasteiger partial charge in [-0.1, -0.05) is 23.4 Å². The van der Waals surface area contributed by atoms with Gasteiger partial charge in [-0.2, -0.15) is 0 Å². The monoisotopic (exact) mass is 280 g/mol. The van der Waals surface area contributed by atoms with Gasteiger partial charge in [0.2, 0.25) is 5.91 Å². The third kappa shape index (κ3) is 3.41. The Labute approximate surface area is 110 Å². The number of hydrogen-bond donors (Lipinski definition) is 1. The number of carbonyl (C=O) groups is 1. The fourth-order valence-electron chi connectivity index (χ4n) is 1.50. The number of sulfonamides is 1. The molecule has 0 bridgehead atoms. The van der Waals surface area contributed by atoms with Crippen molar-refractivity contribution in [1.29, 1.82) is 0 Å². The van der Waals surface area contributed by atoms with Crippen molar-refractivity contribution in [1.82, 2.24) is 9.88 Å². The predicted molar refractivity (Wildman–Crippen MR) is 66.7 cm³/mol. The second kappa shape index (κ2) is 5.23. The molecule has 19 heavy (non-hydrogen) atoms. The maximum Gasteiger partial charge on any atom is 0.264 e. The molecule has 1 aromatic carbocycles. The molecule has 7 heteroatoms. The molecule has 2 rings (SSSR count). The van der Waals surface area contributed by atoms with Gasteiger partial charge in [0, 0.05) is 6.07 Å². The molecule has 0 aliphatic carbocycles. The van der Waals surface area contributed by atoms with E-state index < -0.39 is 15.9 Å². The number of amides is 1. The highest BCUT2D eigenvalue weighted by Gasteiger charge is 2.18. The van der Waals surface area contributed by atoms with E-state index in [0.717, 1.165) is 0 Å². The lowest BCUT2D eigenvalue weighted by atomic mass is 10.3. The Morgan fingerprint density at radius 1 is 1.32 bits per heavy atom. The van der Waals surface area contributed by atoms with Gasteiger partial charge in [0.15, 0.2) is 0 Å². The van der Waals surface area contributed by atoms with Crippen molar-refractivity contribution in [2.75, 3.05) is 0 Å². The van der Waals surface area contributed by atoms with Crippen LogP contribution in [0.3, 0.4) is 0 Å². The van der Waals surface area contributed by atoms with E-state index >= 15 is 0 Å². The lowest BCUT2D eigenvalue weighted by Gasteiger charge is -2.05. The molecular formula is C12H12N2O4S. The highest BCUT2D eigenvalue weighted by Crippen LogP contribution is 2.08. The highest BCUT2D eigenvalue weighted by atomic mass is 32.2. The van der Waals surface area contributed by atoms with Crippen molar-refractivity contribution in [3.05, 3.63) is 47.9 Å². The second-order valence-electron chi connectivity index (χ2n) is 3.95. The molecule has 2 aromatic rings. The Balaban J connectivity index is 2.07. The first-order valence-corrected chi connectivity index (χ1v) is 6.98. The molecule has 1 aromatic heterocycles. The molecule has 0 atom stereocenters. The average Bonchev–Trinajstić information content (AvgIpc) is 2.75. The van der Waals surface area contributed by atoms with Crippen LogP contribution in [0.25, 0.3) is 0 Å². The Hall–Kier alpha value is -2.15. The molecule has 0 aliphatic rings. The fraction of sp³-hybridized carbons (Fsp3) is 0.167. The molecule has 100 valence electrons. The van der Waals surface area contributed by atoms with E-state index in [1.807, 2.05) is 4.72 Å². The number of aryl methyl sites for hydroxylation is 1. The second-order valence-corrected chi connectivity index (χ2v) is 5.64. The van der Waals surface area contributed by atoms with Gasteiger partial charge >= 0.3 is 0 Å². The van der Waals surface area contributed by atoms with Crippen LogP contribution >= 0.6 is 0 Å². The average molecular weight is 280 g/mol. The van der Waals surface area contributed by atoms with Crippen LogP contribution < -0.4 is 4.72 Å². The summed E-state index contributed by atoms with van der Waals surface area (Å²) in [6, 6.07) is 9.26. The summed E-state index contributed by atoms with van der Waals surface area (Å²) >= 11 is 0. The first-order chi connectivity index (χ1) is 8.97. The summed E-state index contributed by atoms with van der Waals surface area (Å²) in [5, 5.41) is 3.62. The minimum Gasteiger partial charge on any atom is -0.361 e. The van der Waals surface area contributed by atoms with Crippen LogP contribution in [0, 0.1) is 6.92 Å². The first kappa shape index (κ1) is 13.3. The van der Waals surface area contributed by atoms with E-state index in [-0.39, 0.29) is 11.3 Å². The maximum atomic E-state index is 11.9. The smallest absolute Gasteiger partial charge is 0.264 e. The van der Waals surface area contributed by atoms with Crippen LogP contribution in [0.2, 0.25) is 0 Å². The SMILES string of the molecule is Cc1cc(CC(=O)NS(=O)(=O)c2ccccc2)on1. The molecule has 0 aliphatic heterocycles. The lowest BCUT2D eigenvalue weighted by molar-refractivity contribution is -0.119. The van der Waals surface area contributed by atoms with E-state index in [2.05, 4.69) is 5.16 Å². The minimum atomic E-state index is -3.83. The van der Waals surface area contributed by atoms with Crippen molar-refractivity contribution in [3.63, 3.8) is 0 Å². The molecule has 0 unspecified atom stereocenters. The number of aromatic nitrogens is 1. The number of carbonyl (C=O) groups excluding carboxylic acids is 1. The van der Waals surface area contributed by atoms with Gasteiger partial charge < -0.3 is 4.52 Å². The number of hydrogen-bond acceptors (Lipinski definition) is 5. The van der Waals surface area contributed by atoms with Gasteiger partial charge in [-0.25, -0.2) is 13.1 Å². The zero-order valence-electron chi connectivity index (χ0n) is 10.2. The predicted octanol–water partition coefficient (Wildman–Crippen LogP) is 1.03. The van der Waals surface area contributed by atoms with Crippen LogP contribution in [0.5, 0.6) is 0 Å². The largest absolute Gasteiger partial charge is 0.361 e. The summed E-state index contributed by atoms with van der Waals surface area (Å²) in [4.78, 5) is 11.7. The summed E-state index contributed by atoms with van der Waals surface area (Å²) in [5.41, 5.74) is 0.633. The van der Waals surface area contributed by atoms with Gasteiger partial charge in [-0.3, -0.25) is 4.79 Å². The van der Waals surface area contributed by atoms with Gasteiger partial charge in [-0.05, 0) is 19.1 Å². The Morgan fingerprint density at radius 2 is 2.00 bits per heavy atom. The summed E-state index contributed by atoms with van der Waals surface area (Å²) in [5.74, 6) is -0.349. The summed E-state index contributed by atoms with van der Waals surface area (Å²) in [6.45, 7) is 1.71. The third-order valence-corrected chi connectivity index (χ3v) is 3.70. The molecule has 1 N–H and O–H groups in total. The molecule has 1 heterocycles. The van der Waals surface area contributed by atoms with Crippen LogP contribution in [-0.4, -0.2) is 19.5 Å². The Kier molecular flexibility index (Phi) is 3.66. The zero-order valence-corrected chi connectivity index (χ0v) is 11.0.